The molecule has 8 heteroatoms. The number of phenols is 1. The standard InChI is InChI=1S/C13H8BrF3N2O2/c1-5-7(14)2-3-9(18-5)19-13(21)6-4-8(15)11(17)12(20)10(6)16/h2-4,20H,1H3,(H,18,19,21). The van der Waals surface area contributed by atoms with Crippen molar-refractivity contribution in [2.45, 2.75) is 6.92 Å². The van der Waals surface area contributed by atoms with Crippen LogP contribution in [0.25, 0.3) is 0 Å². The third kappa shape index (κ3) is 2.99. The first kappa shape index (κ1) is 15.3. The van der Waals surface area contributed by atoms with Gasteiger partial charge >= 0.3 is 0 Å². The summed E-state index contributed by atoms with van der Waals surface area (Å²) in [4.78, 5) is 15.8. The molecule has 0 spiro atoms. The van der Waals surface area contributed by atoms with E-state index in [1.54, 1.807) is 13.0 Å². The number of aryl methyl sites for hydroxylation is 1. The second kappa shape index (κ2) is 5.72. The van der Waals surface area contributed by atoms with Gasteiger partial charge in [0.1, 0.15) is 5.82 Å². The van der Waals surface area contributed by atoms with Crippen LogP contribution in [-0.4, -0.2) is 16.0 Å². The van der Waals surface area contributed by atoms with Gasteiger partial charge in [0.2, 0.25) is 5.82 Å². The normalized spacial score (nSPS) is 10.5. The second-order valence-electron chi connectivity index (χ2n) is 4.10. The Morgan fingerprint density at radius 3 is 2.57 bits per heavy atom. The van der Waals surface area contributed by atoms with E-state index in [1.807, 2.05) is 0 Å². The first-order chi connectivity index (χ1) is 9.81. The summed E-state index contributed by atoms with van der Waals surface area (Å²) in [7, 11) is 0. The van der Waals surface area contributed by atoms with Crippen LogP contribution in [0.1, 0.15) is 16.1 Å². The van der Waals surface area contributed by atoms with E-state index in [4.69, 9.17) is 5.11 Å². The number of amides is 1. The molecule has 2 rings (SSSR count). The molecule has 2 N–H and O–H groups in total. The number of benzene rings is 1. The highest BCUT2D eigenvalue weighted by atomic mass is 79.9. The first-order valence-electron chi connectivity index (χ1n) is 5.62. The number of halogens is 4. The number of hydrogen-bond donors (Lipinski definition) is 2. The zero-order valence-electron chi connectivity index (χ0n) is 10.5. The van der Waals surface area contributed by atoms with Gasteiger partial charge in [-0.25, -0.2) is 13.8 Å². The average Bonchev–Trinajstić information content (AvgIpc) is 2.44. The molecule has 0 bridgehead atoms. The van der Waals surface area contributed by atoms with Gasteiger partial charge < -0.3 is 10.4 Å². The Labute approximate surface area is 125 Å². The second-order valence-corrected chi connectivity index (χ2v) is 4.95. The molecule has 1 heterocycles. The van der Waals surface area contributed by atoms with Crippen molar-refractivity contribution in [1.29, 1.82) is 0 Å². The van der Waals surface area contributed by atoms with Crippen molar-refractivity contribution in [3.8, 4) is 5.75 Å². The topological polar surface area (TPSA) is 62.2 Å². The predicted octanol–water partition coefficient (Wildman–Crippen LogP) is 3.53. The molecule has 0 saturated carbocycles. The molecule has 1 aromatic carbocycles. The lowest BCUT2D eigenvalue weighted by molar-refractivity contribution is 0.102. The van der Waals surface area contributed by atoms with Crippen LogP contribution in [0, 0.1) is 24.4 Å². The van der Waals surface area contributed by atoms with Crippen LogP contribution < -0.4 is 5.32 Å². The zero-order chi connectivity index (χ0) is 15.7. The Balaban J connectivity index is 2.35. The summed E-state index contributed by atoms with van der Waals surface area (Å²) < 4.78 is 40.4. The first-order valence-corrected chi connectivity index (χ1v) is 6.41. The fraction of sp³-hybridized carbons (Fsp3) is 0.0769. The summed E-state index contributed by atoms with van der Waals surface area (Å²) in [5, 5.41) is 11.3. The molecule has 0 fully saturated rings. The average molecular weight is 361 g/mol. The van der Waals surface area contributed by atoms with Crippen LogP contribution >= 0.6 is 15.9 Å². The molecule has 0 atom stereocenters. The number of aromatic hydroxyl groups is 1. The smallest absolute Gasteiger partial charge is 0.260 e. The van der Waals surface area contributed by atoms with Crippen molar-refractivity contribution >= 4 is 27.7 Å². The van der Waals surface area contributed by atoms with E-state index in [1.165, 1.54) is 6.07 Å². The fourth-order valence-corrected chi connectivity index (χ4v) is 1.77. The Hall–Kier alpha value is -2.09. The molecular formula is C13H8BrF3N2O2. The molecule has 1 amide bonds. The van der Waals surface area contributed by atoms with Gasteiger partial charge in [-0.1, -0.05) is 0 Å². The third-order valence-corrected chi connectivity index (χ3v) is 3.48. The van der Waals surface area contributed by atoms with Gasteiger partial charge in [-0.05, 0) is 41.1 Å². The largest absolute Gasteiger partial charge is 0.503 e. The minimum atomic E-state index is -1.75. The fourth-order valence-electron chi connectivity index (χ4n) is 1.55. The van der Waals surface area contributed by atoms with Crippen molar-refractivity contribution < 1.29 is 23.1 Å². The highest BCUT2D eigenvalue weighted by Crippen LogP contribution is 2.26. The number of carbonyl (C=O) groups is 1. The zero-order valence-corrected chi connectivity index (χ0v) is 12.1. The minimum Gasteiger partial charge on any atom is -0.503 e. The van der Waals surface area contributed by atoms with Crippen LogP contribution in [0.2, 0.25) is 0 Å². The molecular weight excluding hydrogens is 353 g/mol. The molecule has 21 heavy (non-hydrogen) atoms. The van der Waals surface area contributed by atoms with Crippen molar-refractivity contribution in [1.82, 2.24) is 4.98 Å². The molecule has 0 aliphatic carbocycles. The number of aromatic nitrogens is 1. The predicted molar refractivity (Wildman–Crippen MR) is 72.6 cm³/mol. The van der Waals surface area contributed by atoms with Crippen molar-refractivity contribution in [3.05, 3.63) is 51.4 Å². The molecule has 0 aliphatic heterocycles. The number of anilines is 1. The summed E-state index contributed by atoms with van der Waals surface area (Å²) in [6, 6.07) is 3.41. The maximum absolute atomic E-state index is 13.6. The monoisotopic (exact) mass is 360 g/mol. The van der Waals surface area contributed by atoms with Gasteiger partial charge in [0, 0.05) is 4.47 Å². The highest BCUT2D eigenvalue weighted by Gasteiger charge is 2.22. The van der Waals surface area contributed by atoms with Crippen molar-refractivity contribution in [3.63, 3.8) is 0 Å². The van der Waals surface area contributed by atoms with Crippen LogP contribution in [0.3, 0.4) is 0 Å². The molecule has 0 radical (unpaired) electrons. The van der Waals surface area contributed by atoms with Gasteiger partial charge in [-0.2, -0.15) is 4.39 Å². The Morgan fingerprint density at radius 1 is 1.29 bits per heavy atom. The lowest BCUT2D eigenvalue weighted by Crippen LogP contribution is -2.16. The number of carbonyl (C=O) groups excluding carboxylic acids is 1. The van der Waals surface area contributed by atoms with Crippen LogP contribution in [0.5, 0.6) is 5.75 Å². The molecule has 110 valence electrons. The summed E-state index contributed by atoms with van der Waals surface area (Å²) in [6.07, 6.45) is 0. The van der Waals surface area contributed by atoms with Crippen LogP contribution in [-0.2, 0) is 0 Å². The number of phenolic OH excluding ortho intramolecular Hbond substituents is 1. The van der Waals surface area contributed by atoms with Gasteiger partial charge in [0.25, 0.3) is 5.91 Å². The maximum atomic E-state index is 13.6. The van der Waals surface area contributed by atoms with E-state index in [-0.39, 0.29) is 5.82 Å². The molecule has 0 aliphatic rings. The summed E-state index contributed by atoms with van der Waals surface area (Å²) in [5.41, 5.74) is -0.254. The van der Waals surface area contributed by atoms with Gasteiger partial charge in [0.05, 0.1) is 11.3 Å². The minimum absolute atomic E-state index is 0.101. The lowest BCUT2D eigenvalue weighted by atomic mass is 10.1. The Morgan fingerprint density at radius 2 is 1.95 bits per heavy atom. The van der Waals surface area contributed by atoms with Gasteiger partial charge in [0.15, 0.2) is 17.4 Å². The van der Waals surface area contributed by atoms with E-state index in [9.17, 15) is 18.0 Å². The molecule has 0 saturated heterocycles. The number of hydrogen-bond acceptors (Lipinski definition) is 3. The van der Waals surface area contributed by atoms with Crippen LogP contribution in [0.4, 0.5) is 19.0 Å². The number of rotatable bonds is 2. The molecule has 2 aromatic rings. The van der Waals surface area contributed by atoms with E-state index in [0.29, 0.717) is 16.2 Å². The van der Waals surface area contributed by atoms with Gasteiger partial charge in [-0.15, -0.1) is 0 Å². The summed E-state index contributed by atoms with van der Waals surface area (Å²) in [5.74, 6) is -7.32. The number of pyridine rings is 1. The highest BCUT2D eigenvalue weighted by molar-refractivity contribution is 9.10. The van der Waals surface area contributed by atoms with Crippen molar-refractivity contribution in [2.75, 3.05) is 5.32 Å². The quantitative estimate of drug-likeness (QED) is 0.805. The van der Waals surface area contributed by atoms with E-state index in [0.717, 1.165) is 0 Å². The molecule has 0 unspecified atom stereocenters. The third-order valence-electron chi connectivity index (χ3n) is 2.64. The number of nitrogens with zero attached hydrogens (tertiary/aromatic N) is 1. The van der Waals surface area contributed by atoms with Gasteiger partial charge in [-0.3, -0.25) is 4.79 Å². The van der Waals surface area contributed by atoms with E-state index >= 15 is 0 Å². The summed E-state index contributed by atoms with van der Waals surface area (Å²) in [6.45, 7) is 1.67. The Kier molecular flexibility index (Phi) is 4.17. The van der Waals surface area contributed by atoms with Crippen molar-refractivity contribution in [2.24, 2.45) is 0 Å². The number of nitrogens with one attached hydrogen (secondary N) is 1. The Bertz CT molecular complexity index is 738. The van der Waals surface area contributed by atoms with Crippen LogP contribution in [0.15, 0.2) is 22.7 Å². The molecule has 4 nitrogen and oxygen atoms in total. The maximum Gasteiger partial charge on any atom is 0.260 e. The summed E-state index contributed by atoms with van der Waals surface area (Å²) >= 11 is 3.22. The van der Waals surface area contributed by atoms with E-state index < -0.39 is 34.7 Å². The SMILES string of the molecule is Cc1nc(NC(=O)c2cc(F)c(F)c(O)c2F)ccc1Br. The lowest BCUT2D eigenvalue weighted by Gasteiger charge is -2.08. The van der Waals surface area contributed by atoms with E-state index in [2.05, 4.69) is 26.2 Å². The molecule has 1 aromatic heterocycles.